The summed E-state index contributed by atoms with van der Waals surface area (Å²) in [7, 11) is 2.72. The Bertz CT molecular complexity index is 299. The number of rotatable bonds is 0. The molecule has 12 heavy (non-hydrogen) atoms. The molecule has 0 atom stereocenters. The normalized spacial score (nSPS) is 22.7. The summed E-state index contributed by atoms with van der Waals surface area (Å²) in [5, 5.41) is 0. The minimum Gasteiger partial charge on any atom is -0.269 e. The molecule has 0 N–H and O–H groups in total. The zero-order chi connectivity index (χ0) is 9.52. The Hall–Kier alpha value is -0.250. The molecular weight excluding hydrogens is 224 g/mol. The minimum absolute atomic E-state index is 0.534. The van der Waals surface area contributed by atoms with E-state index in [4.69, 9.17) is 22.5 Å². The van der Waals surface area contributed by atoms with Gasteiger partial charge in [-0.05, 0) is 22.5 Å². The van der Waals surface area contributed by atoms with Gasteiger partial charge in [-0.3, -0.25) is 4.67 Å². The molecule has 0 aromatic rings. The van der Waals surface area contributed by atoms with E-state index in [1.54, 1.807) is 0 Å². The van der Waals surface area contributed by atoms with Crippen LogP contribution in [0.15, 0.2) is 4.74 Å². The summed E-state index contributed by atoms with van der Waals surface area (Å²) in [4.78, 5) is 23.0. The molecule has 68 valence electrons. The van der Waals surface area contributed by atoms with Crippen molar-refractivity contribution in [3.63, 3.8) is 0 Å². The maximum absolute atomic E-state index is 11.2. The Kier molecular flexibility index (Phi) is 2.38. The van der Waals surface area contributed by atoms with Gasteiger partial charge in [-0.15, -0.1) is 0 Å². The van der Waals surface area contributed by atoms with Crippen LogP contribution < -0.4 is 0 Å². The van der Waals surface area contributed by atoms with E-state index in [1.165, 1.54) is 14.1 Å². The smallest absolute Gasteiger partial charge is 0.269 e. The molecule has 1 heterocycles. The maximum Gasteiger partial charge on any atom is 0.353 e. The summed E-state index contributed by atoms with van der Waals surface area (Å²) in [6.45, 7) is 0. The van der Waals surface area contributed by atoms with Gasteiger partial charge in [-0.1, -0.05) is 0 Å². The highest BCUT2D eigenvalue weighted by Gasteiger charge is 2.35. The molecule has 0 aromatic heterocycles. The molecule has 0 bridgehead atoms. The number of halogens is 2. The highest BCUT2D eigenvalue weighted by atomic mass is 35.9. The monoisotopic (exact) mass is 229 g/mol. The fourth-order valence-electron chi connectivity index (χ4n) is 0.639. The average Bonchev–Trinajstić information content (AvgIpc) is 1.97. The van der Waals surface area contributed by atoms with Crippen molar-refractivity contribution in [2.45, 2.75) is 0 Å². The molecule has 0 saturated heterocycles. The largest absolute Gasteiger partial charge is 0.353 e. The first-order chi connectivity index (χ1) is 5.36. The second kappa shape index (κ2) is 2.91. The van der Waals surface area contributed by atoms with Gasteiger partial charge >= 0.3 is 12.1 Å². The summed E-state index contributed by atoms with van der Waals surface area (Å²) in [5.41, 5.74) is 0. The Morgan fingerprint density at radius 1 is 1.33 bits per heavy atom. The van der Waals surface area contributed by atoms with Crippen molar-refractivity contribution in [1.29, 1.82) is 0 Å². The number of amides is 4. The summed E-state index contributed by atoms with van der Waals surface area (Å²) in [6, 6.07) is -1.23. The number of hydrogen-bond donors (Lipinski definition) is 0. The molecule has 4 amide bonds. The van der Waals surface area contributed by atoms with Crippen molar-refractivity contribution >= 4 is 40.5 Å². The van der Waals surface area contributed by atoms with Gasteiger partial charge in [0.15, 0.2) is 0 Å². The standard InChI is InChI=1S/C4H6Cl2N3O2P/c1-8-3(10)7-12(5,6)9(2)4(8)11/h1-2H3. The molecule has 8 heteroatoms. The van der Waals surface area contributed by atoms with E-state index in [0.29, 0.717) is 0 Å². The van der Waals surface area contributed by atoms with Gasteiger partial charge in [-0.25, -0.2) is 14.5 Å². The first-order valence-corrected chi connectivity index (χ1v) is 6.44. The molecular formula is C4H6Cl2N3O2P. The van der Waals surface area contributed by atoms with E-state index in [0.717, 1.165) is 9.57 Å². The molecule has 0 unspecified atom stereocenters. The lowest BCUT2D eigenvalue weighted by Crippen LogP contribution is -2.41. The maximum atomic E-state index is 11.2. The second-order valence-electron chi connectivity index (χ2n) is 2.20. The van der Waals surface area contributed by atoms with Crippen LogP contribution in [0.4, 0.5) is 9.59 Å². The molecule has 0 aliphatic carbocycles. The van der Waals surface area contributed by atoms with Crippen molar-refractivity contribution in [1.82, 2.24) is 9.57 Å². The lowest BCUT2D eigenvalue weighted by Gasteiger charge is -2.30. The third-order valence-corrected chi connectivity index (χ3v) is 4.54. The summed E-state index contributed by atoms with van der Waals surface area (Å²) >= 11 is 11.3. The first kappa shape index (κ1) is 9.84. The van der Waals surface area contributed by atoms with Gasteiger partial charge in [0.1, 0.15) is 0 Å². The van der Waals surface area contributed by atoms with Crippen LogP contribution in [-0.2, 0) is 0 Å². The molecule has 0 spiro atoms. The van der Waals surface area contributed by atoms with Crippen LogP contribution >= 0.6 is 28.4 Å². The van der Waals surface area contributed by atoms with Gasteiger partial charge < -0.3 is 0 Å². The van der Waals surface area contributed by atoms with Crippen molar-refractivity contribution in [2.75, 3.05) is 14.1 Å². The number of carbonyl (C=O) groups excluding carboxylic acids is 2. The molecule has 0 radical (unpaired) electrons. The van der Waals surface area contributed by atoms with Crippen molar-refractivity contribution in [2.24, 2.45) is 4.74 Å². The van der Waals surface area contributed by atoms with Crippen molar-refractivity contribution < 1.29 is 9.59 Å². The Balaban J connectivity index is 3.18. The van der Waals surface area contributed by atoms with Gasteiger partial charge in [0.2, 0.25) is 5.91 Å². The van der Waals surface area contributed by atoms with Crippen LogP contribution in [-0.4, -0.2) is 35.7 Å². The number of hydrogen-bond acceptors (Lipinski definition) is 2. The zero-order valence-electron chi connectivity index (χ0n) is 6.36. The minimum atomic E-state index is -2.92. The Labute approximate surface area is 78.9 Å². The predicted molar refractivity (Wildman–Crippen MR) is 47.4 cm³/mol. The molecule has 1 aliphatic rings. The lowest BCUT2D eigenvalue weighted by molar-refractivity contribution is 0.188. The third-order valence-electron chi connectivity index (χ3n) is 1.42. The highest BCUT2D eigenvalue weighted by Crippen LogP contribution is 2.64. The lowest BCUT2D eigenvalue weighted by atomic mass is 10.7. The van der Waals surface area contributed by atoms with E-state index in [2.05, 4.69) is 4.74 Å². The summed E-state index contributed by atoms with van der Waals surface area (Å²) < 4.78 is 4.53. The third kappa shape index (κ3) is 1.44. The average molecular weight is 230 g/mol. The predicted octanol–water partition coefficient (Wildman–Crippen LogP) is 2.53. The number of carbonyl (C=O) groups is 2. The number of nitrogens with zero attached hydrogens (tertiary/aromatic N) is 3. The van der Waals surface area contributed by atoms with Crippen LogP contribution in [0, 0.1) is 0 Å². The van der Waals surface area contributed by atoms with Crippen LogP contribution in [0.25, 0.3) is 0 Å². The SMILES string of the molecule is CN1C(=O)N=P(Cl)(Cl)N(C)C1=O. The van der Waals surface area contributed by atoms with Gasteiger partial charge in [-0.2, -0.15) is 4.74 Å². The van der Waals surface area contributed by atoms with Crippen LogP contribution in [0.5, 0.6) is 0 Å². The second-order valence-corrected chi connectivity index (χ2v) is 7.26. The van der Waals surface area contributed by atoms with Gasteiger partial charge in [0.25, 0.3) is 0 Å². The fraction of sp³-hybridized carbons (Fsp3) is 0.500. The molecule has 0 aromatic carbocycles. The Morgan fingerprint density at radius 2 is 1.83 bits per heavy atom. The van der Waals surface area contributed by atoms with Crippen molar-refractivity contribution in [3.05, 3.63) is 0 Å². The number of urea groups is 2. The van der Waals surface area contributed by atoms with Crippen LogP contribution in [0.3, 0.4) is 0 Å². The highest BCUT2D eigenvalue weighted by molar-refractivity contribution is 8.09. The number of imide groups is 1. The quantitative estimate of drug-likeness (QED) is 0.600. The van der Waals surface area contributed by atoms with Gasteiger partial charge in [0, 0.05) is 14.1 Å². The van der Waals surface area contributed by atoms with Crippen LogP contribution in [0.1, 0.15) is 0 Å². The molecule has 1 aliphatic heterocycles. The summed E-state index contributed by atoms with van der Waals surface area (Å²) in [5.74, 6) is -2.92. The first-order valence-electron chi connectivity index (χ1n) is 2.94. The molecule has 1 rings (SSSR count). The van der Waals surface area contributed by atoms with E-state index in [1.807, 2.05) is 0 Å². The van der Waals surface area contributed by atoms with Crippen LogP contribution in [0.2, 0.25) is 0 Å². The fourth-order valence-corrected chi connectivity index (χ4v) is 2.23. The van der Waals surface area contributed by atoms with E-state index in [9.17, 15) is 9.59 Å². The van der Waals surface area contributed by atoms with E-state index >= 15 is 0 Å². The topological polar surface area (TPSA) is 53.0 Å². The molecule has 0 saturated carbocycles. The van der Waals surface area contributed by atoms with Crippen molar-refractivity contribution in [3.8, 4) is 0 Å². The zero-order valence-corrected chi connectivity index (χ0v) is 8.77. The Morgan fingerprint density at radius 3 is 2.33 bits per heavy atom. The van der Waals surface area contributed by atoms with Gasteiger partial charge in [0.05, 0.1) is 0 Å². The molecule has 0 fully saturated rings. The summed E-state index contributed by atoms with van der Waals surface area (Å²) in [6.07, 6.45) is 0. The van der Waals surface area contributed by atoms with E-state index < -0.39 is 18.0 Å². The van der Waals surface area contributed by atoms with E-state index in [-0.39, 0.29) is 0 Å². The molecule has 5 nitrogen and oxygen atoms in total.